The van der Waals surface area contributed by atoms with Crippen LogP contribution in [0.4, 0.5) is 0 Å². The van der Waals surface area contributed by atoms with Gasteiger partial charge in [0.05, 0.1) is 11.7 Å². The summed E-state index contributed by atoms with van der Waals surface area (Å²) in [5, 5.41) is 4.06. The van der Waals surface area contributed by atoms with Gasteiger partial charge >= 0.3 is 0 Å². The number of rotatable bonds is 2. The fourth-order valence-electron chi connectivity index (χ4n) is 3.30. The molecule has 4 rings (SSSR count). The summed E-state index contributed by atoms with van der Waals surface area (Å²) in [6.07, 6.45) is 4.78. The maximum absolute atomic E-state index is 12.6. The minimum absolute atomic E-state index is 0.0400. The topological polar surface area (TPSA) is 55.1 Å². The second kappa shape index (κ2) is 5.54. The Morgan fingerprint density at radius 1 is 1.30 bits per heavy atom. The van der Waals surface area contributed by atoms with E-state index in [1.165, 1.54) is 5.56 Å². The lowest BCUT2D eigenvalue weighted by Crippen LogP contribution is -2.31. The van der Waals surface area contributed by atoms with E-state index in [-0.39, 0.29) is 11.9 Å². The minimum atomic E-state index is -0.177. The largest absolute Gasteiger partial charge is 0.451 e. The maximum Gasteiger partial charge on any atom is 0.287 e. The summed E-state index contributed by atoms with van der Waals surface area (Å²) in [5.74, 6) is 0.182. The molecule has 1 aliphatic rings. The molecule has 0 aliphatic heterocycles. The molecule has 4 nitrogen and oxygen atoms in total. The predicted octanol–water partition coefficient (Wildman–Crippen LogP) is 3.94. The number of benzene rings is 1. The number of aryl methyl sites for hydroxylation is 2. The van der Waals surface area contributed by atoms with Crippen molar-refractivity contribution in [1.29, 1.82) is 0 Å². The average molecular weight is 306 g/mol. The third kappa shape index (κ3) is 2.50. The molecule has 2 heterocycles. The summed E-state index contributed by atoms with van der Waals surface area (Å²) in [6, 6.07) is 11.7. The Labute approximate surface area is 134 Å². The smallest absolute Gasteiger partial charge is 0.287 e. The highest BCUT2D eigenvalue weighted by molar-refractivity contribution is 5.97. The molecule has 4 heteroatoms. The van der Waals surface area contributed by atoms with Crippen molar-refractivity contribution in [2.45, 2.75) is 32.2 Å². The van der Waals surface area contributed by atoms with Crippen molar-refractivity contribution in [1.82, 2.24) is 10.3 Å². The van der Waals surface area contributed by atoms with Gasteiger partial charge in [-0.2, -0.15) is 0 Å². The quantitative estimate of drug-likeness (QED) is 0.780. The van der Waals surface area contributed by atoms with Gasteiger partial charge in [-0.05, 0) is 55.5 Å². The molecule has 1 aliphatic carbocycles. The van der Waals surface area contributed by atoms with Crippen LogP contribution in [0.5, 0.6) is 0 Å². The van der Waals surface area contributed by atoms with E-state index in [0.717, 1.165) is 41.5 Å². The number of furan rings is 1. The molecule has 1 atom stereocenters. The zero-order valence-corrected chi connectivity index (χ0v) is 13.0. The predicted molar refractivity (Wildman–Crippen MR) is 88.3 cm³/mol. The van der Waals surface area contributed by atoms with E-state index in [4.69, 9.17) is 4.42 Å². The van der Waals surface area contributed by atoms with E-state index in [1.54, 1.807) is 6.20 Å². The maximum atomic E-state index is 12.6. The molecule has 3 aromatic rings. The van der Waals surface area contributed by atoms with Crippen molar-refractivity contribution in [2.75, 3.05) is 0 Å². The number of hydrogen-bond acceptors (Lipinski definition) is 3. The number of carbonyl (C=O) groups is 1. The van der Waals surface area contributed by atoms with Crippen LogP contribution in [0.3, 0.4) is 0 Å². The molecular formula is C19H18N2O2. The van der Waals surface area contributed by atoms with Crippen molar-refractivity contribution in [3.05, 3.63) is 65.2 Å². The number of carbonyl (C=O) groups excluding carboxylic acids is 1. The van der Waals surface area contributed by atoms with Gasteiger partial charge in [-0.1, -0.05) is 18.2 Å². The van der Waals surface area contributed by atoms with Gasteiger partial charge < -0.3 is 9.73 Å². The third-order valence-electron chi connectivity index (χ3n) is 4.50. The Balaban J connectivity index is 1.61. The first kappa shape index (κ1) is 14.0. The number of amides is 1. The number of hydrogen-bond donors (Lipinski definition) is 1. The number of fused-ring (bicyclic) bond motifs is 2. The van der Waals surface area contributed by atoms with E-state index in [1.807, 2.05) is 37.3 Å². The summed E-state index contributed by atoms with van der Waals surface area (Å²) in [6.45, 7) is 2.01. The van der Waals surface area contributed by atoms with E-state index in [2.05, 4.69) is 16.4 Å². The highest BCUT2D eigenvalue weighted by Gasteiger charge is 2.24. The van der Waals surface area contributed by atoms with Gasteiger partial charge in [-0.3, -0.25) is 9.78 Å². The molecule has 0 saturated heterocycles. The standard InChI is InChI=1S/C19H18N2O2/c1-12-5-2-9-16-14(12)11-17(23-16)19(22)21-15-8-3-6-13-7-4-10-20-18(13)15/h2,4-5,7,9-11,15H,3,6,8H2,1H3,(H,21,22)/t15-/m1/s1. The second-order valence-electron chi connectivity index (χ2n) is 6.06. The van der Waals surface area contributed by atoms with Crippen LogP contribution in [0, 0.1) is 6.92 Å². The Morgan fingerprint density at radius 2 is 2.22 bits per heavy atom. The summed E-state index contributed by atoms with van der Waals surface area (Å²) >= 11 is 0. The van der Waals surface area contributed by atoms with Gasteiger partial charge in [0.25, 0.3) is 5.91 Å². The van der Waals surface area contributed by atoms with Crippen LogP contribution >= 0.6 is 0 Å². The molecule has 0 fully saturated rings. The highest BCUT2D eigenvalue weighted by atomic mass is 16.3. The van der Waals surface area contributed by atoms with Crippen molar-refractivity contribution in [3.63, 3.8) is 0 Å². The van der Waals surface area contributed by atoms with Crippen LogP contribution in [-0.2, 0) is 6.42 Å². The van der Waals surface area contributed by atoms with Gasteiger partial charge in [-0.15, -0.1) is 0 Å². The molecule has 0 unspecified atom stereocenters. The molecule has 0 saturated carbocycles. The third-order valence-corrected chi connectivity index (χ3v) is 4.50. The molecule has 23 heavy (non-hydrogen) atoms. The molecule has 0 radical (unpaired) electrons. The van der Waals surface area contributed by atoms with Crippen LogP contribution < -0.4 is 5.32 Å². The summed E-state index contributed by atoms with van der Waals surface area (Å²) in [7, 11) is 0. The zero-order chi connectivity index (χ0) is 15.8. The molecule has 1 N–H and O–H groups in total. The van der Waals surface area contributed by atoms with Crippen molar-refractivity contribution < 1.29 is 9.21 Å². The minimum Gasteiger partial charge on any atom is -0.451 e. The fourth-order valence-corrected chi connectivity index (χ4v) is 3.30. The molecule has 0 spiro atoms. The second-order valence-corrected chi connectivity index (χ2v) is 6.06. The number of aromatic nitrogens is 1. The van der Waals surface area contributed by atoms with E-state index in [0.29, 0.717) is 5.76 Å². The first-order chi connectivity index (χ1) is 11.2. The Kier molecular flexibility index (Phi) is 3.37. The van der Waals surface area contributed by atoms with Crippen molar-refractivity contribution >= 4 is 16.9 Å². The number of pyridine rings is 1. The first-order valence-electron chi connectivity index (χ1n) is 7.96. The van der Waals surface area contributed by atoms with Crippen LogP contribution in [0.1, 0.15) is 46.3 Å². The Morgan fingerprint density at radius 3 is 3.09 bits per heavy atom. The van der Waals surface area contributed by atoms with Crippen LogP contribution in [-0.4, -0.2) is 10.9 Å². The molecular weight excluding hydrogens is 288 g/mol. The summed E-state index contributed by atoms with van der Waals surface area (Å²) in [5.41, 5.74) is 4.07. The van der Waals surface area contributed by atoms with Crippen molar-refractivity contribution in [2.24, 2.45) is 0 Å². The summed E-state index contributed by atoms with van der Waals surface area (Å²) in [4.78, 5) is 17.0. The molecule has 1 amide bonds. The zero-order valence-electron chi connectivity index (χ0n) is 13.0. The monoisotopic (exact) mass is 306 g/mol. The normalized spacial score (nSPS) is 17.0. The van der Waals surface area contributed by atoms with Crippen molar-refractivity contribution in [3.8, 4) is 0 Å². The SMILES string of the molecule is Cc1cccc2oc(C(=O)N[C@@H]3CCCc4cccnc43)cc12. The molecule has 1 aromatic carbocycles. The highest BCUT2D eigenvalue weighted by Crippen LogP contribution is 2.28. The van der Waals surface area contributed by atoms with E-state index >= 15 is 0 Å². The van der Waals surface area contributed by atoms with Crippen LogP contribution in [0.25, 0.3) is 11.0 Å². The lowest BCUT2D eigenvalue weighted by atomic mass is 9.92. The van der Waals surface area contributed by atoms with Gasteiger partial charge in [0.15, 0.2) is 5.76 Å². The molecule has 0 bridgehead atoms. The molecule has 116 valence electrons. The van der Waals surface area contributed by atoms with E-state index in [9.17, 15) is 4.79 Å². The van der Waals surface area contributed by atoms with Gasteiger partial charge in [0.1, 0.15) is 5.58 Å². The fraction of sp³-hybridized carbons (Fsp3) is 0.263. The lowest BCUT2D eigenvalue weighted by molar-refractivity contribution is 0.0906. The van der Waals surface area contributed by atoms with Gasteiger partial charge in [0.2, 0.25) is 0 Å². The van der Waals surface area contributed by atoms with Crippen LogP contribution in [0.15, 0.2) is 47.0 Å². The Bertz CT molecular complexity index is 882. The van der Waals surface area contributed by atoms with E-state index < -0.39 is 0 Å². The first-order valence-corrected chi connectivity index (χ1v) is 7.96. The Hall–Kier alpha value is -2.62. The molecule has 2 aromatic heterocycles. The summed E-state index contributed by atoms with van der Waals surface area (Å²) < 4.78 is 5.71. The number of nitrogens with one attached hydrogen (secondary N) is 1. The average Bonchev–Trinajstić information content (AvgIpc) is 3.01. The number of nitrogens with zero attached hydrogens (tertiary/aromatic N) is 1. The van der Waals surface area contributed by atoms with Gasteiger partial charge in [-0.25, -0.2) is 0 Å². The lowest BCUT2D eigenvalue weighted by Gasteiger charge is -2.24. The van der Waals surface area contributed by atoms with Crippen LogP contribution in [0.2, 0.25) is 0 Å². The van der Waals surface area contributed by atoms with Gasteiger partial charge in [0, 0.05) is 11.6 Å².